The fourth-order valence-electron chi connectivity index (χ4n) is 3.12. The maximum Gasteiger partial charge on any atom is 0.411 e. The molecule has 10 heteroatoms. The Kier molecular flexibility index (Phi) is 8.08. The number of rotatable bonds is 10. The van der Waals surface area contributed by atoms with Gasteiger partial charge in [-0.3, -0.25) is 5.32 Å². The van der Waals surface area contributed by atoms with E-state index < -0.39 is 6.09 Å². The summed E-state index contributed by atoms with van der Waals surface area (Å²) in [6.07, 6.45) is 0.375. The highest BCUT2D eigenvalue weighted by Crippen LogP contribution is 2.38. The lowest BCUT2D eigenvalue weighted by molar-refractivity contribution is 0.155. The van der Waals surface area contributed by atoms with Gasteiger partial charge in [0.25, 0.3) is 0 Å². The highest BCUT2D eigenvalue weighted by Gasteiger charge is 2.15. The minimum atomic E-state index is -0.511. The molecule has 0 radical (unpaired) electrons. The van der Waals surface area contributed by atoms with Crippen LogP contribution in [0.15, 0.2) is 60.0 Å². The zero-order valence-corrected chi connectivity index (χ0v) is 20.2. The summed E-state index contributed by atoms with van der Waals surface area (Å²) < 4.78 is 10.4. The summed E-state index contributed by atoms with van der Waals surface area (Å²) in [4.78, 5) is 22.2. The first-order valence-corrected chi connectivity index (χ1v) is 12.3. The number of ether oxygens (including phenoxy) is 2. The van der Waals surface area contributed by atoms with E-state index >= 15 is 0 Å². The molecule has 0 aliphatic rings. The molecule has 0 spiro atoms. The lowest BCUT2D eigenvalue weighted by Crippen LogP contribution is -2.13. The van der Waals surface area contributed by atoms with Crippen LogP contribution in [0, 0.1) is 0 Å². The Morgan fingerprint density at radius 2 is 1.97 bits per heavy atom. The van der Waals surface area contributed by atoms with E-state index in [0.29, 0.717) is 18.1 Å². The van der Waals surface area contributed by atoms with Gasteiger partial charge >= 0.3 is 6.09 Å². The lowest BCUT2D eigenvalue weighted by atomic mass is 10.1. The smallest absolute Gasteiger partial charge is 0.411 e. The monoisotopic (exact) mass is 495 g/mol. The number of nitrogens with one attached hydrogen (secondary N) is 2. The summed E-state index contributed by atoms with van der Waals surface area (Å²) in [5, 5.41) is 9.57. The van der Waals surface area contributed by atoms with Crippen molar-refractivity contribution in [2.45, 2.75) is 13.0 Å². The second-order valence-electron chi connectivity index (χ2n) is 7.31. The number of thiazole rings is 2. The van der Waals surface area contributed by atoms with Crippen LogP contribution in [0.4, 0.5) is 21.4 Å². The molecule has 0 saturated carbocycles. The third-order valence-electron chi connectivity index (χ3n) is 4.77. The molecule has 2 heterocycles. The molecule has 4 aromatic rings. The molecule has 2 aromatic carbocycles. The van der Waals surface area contributed by atoms with Gasteiger partial charge in [0.15, 0.2) is 5.13 Å². The van der Waals surface area contributed by atoms with E-state index in [1.807, 2.05) is 60.0 Å². The van der Waals surface area contributed by atoms with Crippen molar-refractivity contribution in [3.8, 4) is 21.1 Å². The Morgan fingerprint density at radius 3 is 2.79 bits per heavy atom. The molecule has 0 unspecified atom stereocenters. The lowest BCUT2D eigenvalue weighted by Gasteiger charge is -2.08. The Morgan fingerprint density at radius 1 is 1.12 bits per heavy atom. The Bertz CT molecular complexity index is 1230. The highest BCUT2D eigenvalue weighted by atomic mass is 32.1. The first-order chi connectivity index (χ1) is 16.6. The molecule has 8 nitrogen and oxygen atoms in total. The van der Waals surface area contributed by atoms with Crippen molar-refractivity contribution in [2.75, 3.05) is 36.6 Å². The number of hydrogen-bond acceptors (Lipinski definition) is 9. The summed E-state index contributed by atoms with van der Waals surface area (Å²) in [5.41, 5.74) is 9.37. The quantitative estimate of drug-likeness (QED) is 0.242. The SMILES string of the molecule is COCCCNc1nc(N)c(-c2nc(-c3cccc(NC(=O)OCc4ccccc4)c3)cs2)s1. The van der Waals surface area contributed by atoms with Crippen molar-refractivity contribution in [1.29, 1.82) is 0 Å². The van der Waals surface area contributed by atoms with Crippen LogP contribution in [0.2, 0.25) is 0 Å². The molecule has 4 rings (SSSR count). The molecule has 0 aliphatic carbocycles. The van der Waals surface area contributed by atoms with Crippen molar-refractivity contribution in [3.63, 3.8) is 0 Å². The van der Waals surface area contributed by atoms with Gasteiger partial charge in [0.1, 0.15) is 22.3 Å². The van der Waals surface area contributed by atoms with E-state index in [4.69, 9.17) is 20.2 Å². The van der Waals surface area contributed by atoms with Gasteiger partial charge in [0.2, 0.25) is 0 Å². The van der Waals surface area contributed by atoms with Gasteiger partial charge in [-0.15, -0.1) is 11.3 Å². The number of methoxy groups -OCH3 is 1. The Labute approximate surface area is 205 Å². The maximum atomic E-state index is 12.2. The number of nitrogen functional groups attached to an aromatic ring is 1. The number of aromatic nitrogens is 2. The number of carbonyl (C=O) groups is 1. The molecule has 34 heavy (non-hydrogen) atoms. The van der Waals surface area contributed by atoms with Crippen LogP contribution in [-0.4, -0.2) is 36.3 Å². The van der Waals surface area contributed by atoms with Crippen LogP contribution in [0.25, 0.3) is 21.1 Å². The number of benzene rings is 2. The highest BCUT2D eigenvalue weighted by molar-refractivity contribution is 7.23. The predicted octanol–water partition coefficient (Wildman–Crippen LogP) is 5.71. The Hall–Kier alpha value is -3.47. The molecule has 0 saturated heterocycles. The van der Waals surface area contributed by atoms with Gasteiger partial charge in [0, 0.05) is 36.9 Å². The second kappa shape index (κ2) is 11.6. The van der Waals surface area contributed by atoms with Crippen molar-refractivity contribution >= 4 is 45.4 Å². The fraction of sp³-hybridized carbons (Fsp3) is 0.208. The van der Waals surface area contributed by atoms with E-state index in [-0.39, 0.29) is 6.61 Å². The van der Waals surface area contributed by atoms with E-state index in [2.05, 4.69) is 15.6 Å². The summed E-state index contributed by atoms with van der Waals surface area (Å²) in [6.45, 7) is 1.66. The van der Waals surface area contributed by atoms with Gasteiger partial charge < -0.3 is 20.5 Å². The molecule has 0 aliphatic heterocycles. The largest absolute Gasteiger partial charge is 0.444 e. The van der Waals surface area contributed by atoms with Crippen LogP contribution in [-0.2, 0) is 16.1 Å². The number of hydrogen-bond donors (Lipinski definition) is 3. The topological polar surface area (TPSA) is 111 Å². The molecule has 176 valence electrons. The molecular weight excluding hydrogens is 470 g/mol. The third-order valence-corrected chi connectivity index (χ3v) is 6.80. The van der Waals surface area contributed by atoms with Crippen molar-refractivity contribution in [3.05, 3.63) is 65.5 Å². The third kappa shape index (κ3) is 6.31. The van der Waals surface area contributed by atoms with E-state index in [9.17, 15) is 4.79 Å². The molecule has 1 amide bonds. The van der Waals surface area contributed by atoms with Crippen LogP contribution in [0.3, 0.4) is 0 Å². The second-order valence-corrected chi connectivity index (χ2v) is 9.17. The molecule has 0 fully saturated rings. The number of nitrogens with zero attached hydrogens (tertiary/aromatic N) is 2. The number of carbonyl (C=O) groups excluding carboxylic acids is 1. The van der Waals surface area contributed by atoms with Crippen molar-refractivity contribution in [1.82, 2.24) is 9.97 Å². The average Bonchev–Trinajstić information content (AvgIpc) is 3.48. The fourth-order valence-corrected chi connectivity index (χ4v) is 4.96. The van der Waals surface area contributed by atoms with Gasteiger partial charge in [-0.1, -0.05) is 53.8 Å². The first-order valence-electron chi connectivity index (χ1n) is 10.7. The van der Waals surface area contributed by atoms with E-state index in [1.54, 1.807) is 7.11 Å². The van der Waals surface area contributed by atoms with Gasteiger partial charge in [-0.05, 0) is 24.1 Å². The van der Waals surface area contributed by atoms with Gasteiger partial charge in [-0.25, -0.2) is 14.8 Å². The van der Waals surface area contributed by atoms with Crippen LogP contribution >= 0.6 is 22.7 Å². The Balaban J connectivity index is 1.39. The minimum absolute atomic E-state index is 0.210. The molecule has 2 aromatic heterocycles. The standard InChI is InChI=1S/C24H25N5O3S2/c1-31-12-6-11-26-23-29-21(25)20(34-23)22-28-19(15-33-22)17-9-5-10-18(13-17)27-24(30)32-14-16-7-3-2-4-8-16/h2-5,7-10,13,15H,6,11-12,14,25H2,1H3,(H,26,29)(H,27,30). The maximum absolute atomic E-state index is 12.2. The van der Waals surface area contributed by atoms with Gasteiger partial charge in [0.05, 0.1) is 5.69 Å². The summed E-state index contributed by atoms with van der Waals surface area (Å²) in [6, 6.07) is 17.0. The molecule has 0 atom stereocenters. The normalized spacial score (nSPS) is 10.7. The molecular formula is C24H25N5O3S2. The summed E-state index contributed by atoms with van der Waals surface area (Å²) in [5.74, 6) is 0.455. The number of nitrogens with two attached hydrogens (primary N) is 1. The van der Waals surface area contributed by atoms with Crippen LogP contribution in [0.5, 0.6) is 0 Å². The average molecular weight is 496 g/mol. The van der Waals surface area contributed by atoms with Crippen molar-refractivity contribution < 1.29 is 14.3 Å². The van der Waals surface area contributed by atoms with E-state index in [0.717, 1.165) is 44.8 Å². The molecule has 4 N–H and O–H groups in total. The zero-order chi connectivity index (χ0) is 23.8. The number of amides is 1. The van der Waals surface area contributed by atoms with Crippen LogP contribution < -0.4 is 16.4 Å². The predicted molar refractivity (Wildman–Crippen MR) is 138 cm³/mol. The first kappa shape index (κ1) is 23.7. The summed E-state index contributed by atoms with van der Waals surface area (Å²) >= 11 is 2.98. The van der Waals surface area contributed by atoms with Crippen molar-refractivity contribution in [2.24, 2.45) is 0 Å². The van der Waals surface area contributed by atoms with E-state index in [1.165, 1.54) is 22.7 Å². The number of anilines is 3. The van der Waals surface area contributed by atoms with Gasteiger partial charge in [-0.2, -0.15) is 0 Å². The minimum Gasteiger partial charge on any atom is -0.444 e. The van der Waals surface area contributed by atoms with Crippen LogP contribution in [0.1, 0.15) is 12.0 Å². The zero-order valence-electron chi connectivity index (χ0n) is 18.6. The summed E-state index contributed by atoms with van der Waals surface area (Å²) in [7, 11) is 1.68. The molecule has 0 bridgehead atoms.